The van der Waals surface area contributed by atoms with Crippen LogP contribution in [0.4, 0.5) is 0 Å². The highest BCUT2D eigenvalue weighted by atomic mass is 127. The number of carbonyl (C=O) groups excluding carboxylic acids is 1. The van der Waals surface area contributed by atoms with Gasteiger partial charge in [-0.15, -0.1) is 0 Å². The minimum Gasteiger partial charge on any atom is -0.465 e. The molecule has 0 radical (unpaired) electrons. The third-order valence-corrected chi connectivity index (χ3v) is 3.38. The van der Waals surface area contributed by atoms with Gasteiger partial charge in [0.25, 0.3) is 0 Å². The SMILES string of the molecule is COC(=O)c1cc(I)c2oc(C(C)C)cc2c1. The van der Waals surface area contributed by atoms with Crippen LogP contribution in [0.3, 0.4) is 0 Å². The first-order valence-corrected chi connectivity index (χ1v) is 6.42. The van der Waals surface area contributed by atoms with Gasteiger partial charge in [0, 0.05) is 11.3 Å². The fourth-order valence-electron chi connectivity index (χ4n) is 1.65. The Balaban J connectivity index is 2.61. The van der Waals surface area contributed by atoms with Gasteiger partial charge in [0.1, 0.15) is 11.3 Å². The van der Waals surface area contributed by atoms with Gasteiger partial charge in [-0.2, -0.15) is 0 Å². The molecule has 0 spiro atoms. The first-order valence-electron chi connectivity index (χ1n) is 5.34. The zero-order valence-corrected chi connectivity index (χ0v) is 12.1. The van der Waals surface area contributed by atoms with Crippen molar-refractivity contribution in [3.8, 4) is 0 Å². The lowest BCUT2D eigenvalue weighted by Crippen LogP contribution is -2.01. The van der Waals surface area contributed by atoms with Crippen LogP contribution in [0.15, 0.2) is 22.6 Å². The molecule has 2 aromatic rings. The number of hydrogen-bond acceptors (Lipinski definition) is 3. The molecule has 0 aliphatic carbocycles. The van der Waals surface area contributed by atoms with Gasteiger partial charge in [-0.3, -0.25) is 0 Å². The maximum Gasteiger partial charge on any atom is 0.337 e. The van der Waals surface area contributed by atoms with Gasteiger partial charge >= 0.3 is 5.97 Å². The first-order chi connectivity index (χ1) is 8.02. The van der Waals surface area contributed by atoms with E-state index in [1.807, 2.05) is 6.07 Å². The first kappa shape index (κ1) is 12.4. The molecule has 1 aromatic carbocycles. The number of rotatable bonds is 2. The molecule has 0 atom stereocenters. The van der Waals surface area contributed by atoms with Crippen LogP contribution in [0.2, 0.25) is 0 Å². The van der Waals surface area contributed by atoms with E-state index >= 15 is 0 Å². The van der Waals surface area contributed by atoms with Gasteiger partial charge in [0.05, 0.1) is 16.2 Å². The van der Waals surface area contributed by atoms with Crippen LogP contribution in [-0.4, -0.2) is 13.1 Å². The summed E-state index contributed by atoms with van der Waals surface area (Å²) in [4.78, 5) is 11.5. The highest BCUT2D eigenvalue weighted by molar-refractivity contribution is 14.1. The minimum absolute atomic E-state index is 0.322. The second kappa shape index (κ2) is 4.68. The highest BCUT2D eigenvalue weighted by Gasteiger charge is 2.14. The maximum absolute atomic E-state index is 11.5. The number of fused-ring (bicyclic) bond motifs is 1. The average molecular weight is 344 g/mol. The van der Waals surface area contributed by atoms with Crippen LogP contribution < -0.4 is 0 Å². The van der Waals surface area contributed by atoms with E-state index in [0.29, 0.717) is 11.5 Å². The number of esters is 1. The van der Waals surface area contributed by atoms with E-state index in [1.165, 1.54) is 7.11 Å². The van der Waals surface area contributed by atoms with Crippen molar-refractivity contribution in [2.45, 2.75) is 19.8 Å². The molecule has 3 nitrogen and oxygen atoms in total. The summed E-state index contributed by atoms with van der Waals surface area (Å²) in [5.74, 6) is 0.942. The van der Waals surface area contributed by atoms with Crippen molar-refractivity contribution >= 4 is 39.5 Å². The van der Waals surface area contributed by atoms with E-state index in [-0.39, 0.29) is 5.97 Å². The molecule has 0 aliphatic rings. The summed E-state index contributed by atoms with van der Waals surface area (Å²) in [7, 11) is 1.38. The quantitative estimate of drug-likeness (QED) is 0.612. The van der Waals surface area contributed by atoms with Gasteiger partial charge in [-0.05, 0) is 40.8 Å². The lowest BCUT2D eigenvalue weighted by Gasteiger charge is -2.00. The number of carbonyl (C=O) groups is 1. The Hall–Kier alpha value is -1.04. The molecule has 0 amide bonds. The van der Waals surface area contributed by atoms with Crippen LogP contribution >= 0.6 is 22.6 Å². The Morgan fingerprint density at radius 2 is 2.06 bits per heavy atom. The standard InChI is InChI=1S/C13H13IO3/c1-7(2)11-6-8-4-9(13(15)16-3)5-10(14)12(8)17-11/h4-7H,1-3H3. The minimum atomic E-state index is -0.322. The molecule has 2 rings (SSSR count). The maximum atomic E-state index is 11.5. The summed E-state index contributed by atoms with van der Waals surface area (Å²) < 4.78 is 11.4. The molecule has 0 unspecified atom stereocenters. The molecule has 0 saturated heterocycles. The molecular weight excluding hydrogens is 331 g/mol. The summed E-state index contributed by atoms with van der Waals surface area (Å²) in [5, 5.41) is 0.945. The normalized spacial score (nSPS) is 11.1. The van der Waals surface area contributed by atoms with Gasteiger partial charge in [-0.25, -0.2) is 4.79 Å². The van der Waals surface area contributed by atoms with E-state index in [0.717, 1.165) is 20.3 Å². The predicted octanol–water partition coefficient (Wildman–Crippen LogP) is 3.95. The van der Waals surface area contributed by atoms with E-state index in [4.69, 9.17) is 9.15 Å². The third kappa shape index (κ3) is 2.31. The molecule has 0 fully saturated rings. The lowest BCUT2D eigenvalue weighted by molar-refractivity contribution is 0.0601. The van der Waals surface area contributed by atoms with Crippen LogP contribution in [-0.2, 0) is 4.74 Å². The van der Waals surface area contributed by atoms with Crippen LogP contribution in [0.1, 0.15) is 35.9 Å². The molecule has 0 N–H and O–H groups in total. The number of methoxy groups -OCH3 is 1. The Kier molecular flexibility index (Phi) is 3.42. The number of furan rings is 1. The van der Waals surface area contributed by atoms with Crippen molar-refractivity contribution in [3.63, 3.8) is 0 Å². The van der Waals surface area contributed by atoms with E-state index < -0.39 is 0 Å². The van der Waals surface area contributed by atoms with Gasteiger partial charge in [0.15, 0.2) is 0 Å². The zero-order valence-electron chi connectivity index (χ0n) is 9.91. The monoisotopic (exact) mass is 344 g/mol. The topological polar surface area (TPSA) is 39.4 Å². The van der Waals surface area contributed by atoms with Gasteiger partial charge < -0.3 is 9.15 Å². The molecule has 0 aliphatic heterocycles. The summed E-state index contributed by atoms with van der Waals surface area (Å²) in [6.07, 6.45) is 0. The molecule has 0 bridgehead atoms. The fourth-order valence-corrected chi connectivity index (χ4v) is 2.41. The Morgan fingerprint density at radius 1 is 1.35 bits per heavy atom. The molecule has 90 valence electrons. The van der Waals surface area contributed by atoms with Crippen LogP contribution in [0.25, 0.3) is 11.0 Å². The van der Waals surface area contributed by atoms with Crippen molar-refractivity contribution < 1.29 is 13.9 Å². The van der Waals surface area contributed by atoms with Crippen molar-refractivity contribution in [2.24, 2.45) is 0 Å². The van der Waals surface area contributed by atoms with E-state index in [1.54, 1.807) is 12.1 Å². The average Bonchev–Trinajstić information content (AvgIpc) is 2.72. The number of halogens is 1. The summed E-state index contributed by atoms with van der Waals surface area (Å²) in [6.45, 7) is 4.15. The second-order valence-corrected chi connectivity index (χ2v) is 5.33. The Morgan fingerprint density at radius 3 is 2.65 bits per heavy atom. The molecule has 17 heavy (non-hydrogen) atoms. The number of benzene rings is 1. The Bertz CT molecular complexity index is 569. The molecule has 4 heteroatoms. The van der Waals surface area contributed by atoms with E-state index in [2.05, 4.69) is 36.4 Å². The van der Waals surface area contributed by atoms with Crippen molar-refractivity contribution in [1.82, 2.24) is 0 Å². The molecule has 0 saturated carbocycles. The van der Waals surface area contributed by atoms with Crippen LogP contribution in [0.5, 0.6) is 0 Å². The smallest absolute Gasteiger partial charge is 0.337 e. The van der Waals surface area contributed by atoms with Crippen LogP contribution in [0, 0.1) is 3.57 Å². The van der Waals surface area contributed by atoms with Gasteiger partial charge in [-0.1, -0.05) is 13.8 Å². The second-order valence-electron chi connectivity index (χ2n) is 4.17. The number of ether oxygens (including phenoxy) is 1. The summed E-state index contributed by atoms with van der Waals surface area (Å²) >= 11 is 2.17. The van der Waals surface area contributed by atoms with Gasteiger partial charge in [0.2, 0.25) is 0 Å². The summed E-state index contributed by atoms with van der Waals surface area (Å²) in [6, 6.07) is 5.57. The van der Waals surface area contributed by atoms with Crippen molar-refractivity contribution in [1.29, 1.82) is 0 Å². The summed E-state index contributed by atoms with van der Waals surface area (Å²) in [5.41, 5.74) is 1.39. The van der Waals surface area contributed by atoms with Crippen molar-refractivity contribution in [3.05, 3.63) is 33.1 Å². The Labute approximate surface area is 113 Å². The zero-order chi connectivity index (χ0) is 12.6. The third-order valence-electron chi connectivity index (χ3n) is 2.58. The lowest BCUT2D eigenvalue weighted by atomic mass is 10.1. The fraction of sp³-hybridized carbons (Fsp3) is 0.308. The number of hydrogen-bond donors (Lipinski definition) is 0. The largest absolute Gasteiger partial charge is 0.465 e. The molecule has 1 aromatic heterocycles. The molecule has 1 heterocycles. The highest BCUT2D eigenvalue weighted by Crippen LogP contribution is 2.29. The molecular formula is C13H13IO3. The predicted molar refractivity (Wildman–Crippen MR) is 74.4 cm³/mol. The van der Waals surface area contributed by atoms with E-state index in [9.17, 15) is 4.79 Å². The van der Waals surface area contributed by atoms with Crippen molar-refractivity contribution in [2.75, 3.05) is 7.11 Å².